The standard InChI is InChI=1S/C11H12F3N3O3/c12-11(13,14)10(9(19)20)2-4-17(6-10)8(18)5-7-1-3-15-16-7/h1,3H,2,4-6H2,(H,15,16)(H,19,20). The molecule has 6 nitrogen and oxygen atoms in total. The Morgan fingerprint density at radius 2 is 2.20 bits per heavy atom. The van der Waals surface area contributed by atoms with Crippen molar-refractivity contribution in [1.29, 1.82) is 0 Å². The van der Waals surface area contributed by atoms with E-state index in [1.807, 2.05) is 0 Å². The lowest BCUT2D eigenvalue weighted by atomic mass is 9.86. The van der Waals surface area contributed by atoms with Gasteiger partial charge in [0, 0.05) is 25.0 Å². The van der Waals surface area contributed by atoms with Crippen molar-refractivity contribution in [3.8, 4) is 0 Å². The van der Waals surface area contributed by atoms with Gasteiger partial charge in [-0.3, -0.25) is 14.7 Å². The highest BCUT2D eigenvalue weighted by Crippen LogP contribution is 2.45. The fraction of sp³-hybridized carbons (Fsp3) is 0.545. The number of carbonyl (C=O) groups excluding carboxylic acids is 1. The number of carboxylic acid groups (broad SMARTS) is 1. The van der Waals surface area contributed by atoms with Crippen LogP contribution in [0.25, 0.3) is 0 Å². The van der Waals surface area contributed by atoms with Crippen molar-refractivity contribution in [2.75, 3.05) is 13.1 Å². The highest BCUT2D eigenvalue weighted by atomic mass is 19.4. The first-order valence-corrected chi connectivity index (χ1v) is 5.82. The number of carbonyl (C=O) groups is 2. The second kappa shape index (κ2) is 4.80. The molecule has 0 aromatic carbocycles. The van der Waals surface area contributed by atoms with Gasteiger partial charge in [0.2, 0.25) is 5.91 Å². The smallest absolute Gasteiger partial charge is 0.406 e. The topological polar surface area (TPSA) is 86.3 Å². The Bertz CT molecular complexity index is 515. The van der Waals surface area contributed by atoms with Crippen LogP contribution < -0.4 is 0 Å². The highest BCUT2D eigenvalue weighted by molar-refractivity contribution is 5.82. The number of likely N-dealkylation sites (tertiary alicyclic amines) is 1. The molecule has 1 aliphatic heterocycles. The lowest BCUT2D eigenvalue weighted by molar-refractivity contribution is -0.227. The molecule has 1 unspecified atom stereocenters. The molecule has 2 rings (SSSR count). The van der Waals surface area contributed by atoms with Crippen LogP contribution in [0.2, 0.25) is 0 Å². The summed E-state index contributed by atoms with van der Waals surface area (Å²) in [6, 6.07) is 1.53. The first-order chi connectivity index (χ1) is 9.26. The number of amides is 1. The van der Waals surface area contributed by atoms with Gasteiger partial charge >= 0.3 is 12.1 Å². The summed E-state index contributed by atoms with van der Waals surface area (Å²) in [6.07, 6.45) is -4.22. The normalized spacial score (nSPS) is 23.1. The molecule has 0 saturated carbocycles. The van der Waals surface area contributed by atoms with E-state index < -0.39 is 36.4 Å². The number of hydrogen-bond acceptors (Lipinski definition) is 3. The molecule has 1 aliphatic rings. The Morgan fingerprint density at radius 3 is 2.65 bits per heavy atom. The highest BCUT2D eigenvalue weighted by Gasteiger charge is 2.64. The van der Waals surface area contributed by atoms with Crippen LogP contribution in [0.5, 0.6) is 0 Å². The van der Waals surface area contributed by atoms with Crippen LogP contribution in [0, 0.1) is 5.41 Å². The van der Waals surface area contributed by atoms with E-state index in [9.17, 15) is 22.8 Å². The number of nitrogens with zero attached hydrogens (tertiary/aromatic N) is 2. The van der Waals surface area contributed by atoms with Gasteiger partial charge in [-0.25, -0.2) is 0 Å². The number of aromatic nitrogens is 2. The maximum atomic E-state index is 12.9. The number of halogens is 3. The van der Waals surface area contributed by atoms with Crippen LogP contribution in [0.1, 0.15) is 12.1 Å². The molecule has 0 bridgehead atoms. The molecule has 2 heterocycles. The molecule has 2 N–H and O–H groups in total. The van der Waals surface area contributed by atoms with Crippen LogP contribution in [0.15, 0.2) is 12.3 Å². The van der Waals surface area contributed by atoms with E-state index in [0.717, 1.165) is 4.90 Å². The number of hydrogen-bond donors (Lipinski definition) is 2. The minimum Gasteiger partial charge on any atom is -0.481 e. The van der Waals surface area contributed by atoms with E-state index in [2.05, 4.69) is 10.2 Å². The van der Waals surface area contributed by atoms with Crippen LogP contribution in [-0.2, 0) is 16.0 Å². The van der Waals surface area contributed by atoms with Crippen molar-refractivity contribution in [3.05, 3.63) is 18.0 Å². The van der Waals surface area contributed by atoms with Gasteiger partial charge in [-0.1, -0.05) is 0 Å². The average molecular weight is 291 g/mol. The first-order valence-electron chi connectivity index (χ1n) is 5.82. The molecule has 1 fully saturated rings. The van der Waals surface area contributed by atoms with Crippen LogP contribution in [0.4, 0.5) is 13.2 Å². The van der Waals surface area contributed by atoms with Gasteiger partial charge in [0.05, 0.1) is 6.42 Å². The Kier molecular flexibility index (Phi) is 3.45. The number of carboxylic acids is 1. The molecule has 0 radical (unpaired) electrons. The molecule has 1 saturated heterocycles. The molecule has 20 heavy (non-hydrogen) atoms. The molecular weight excluding hydrogens is 279 g/mol. The number of H-pyrrole nitrogens is 1. The van der Waals surface area contributed by atoms with Gasteiger partial charge < -0.3 is 10.0 Å². The van der Waals surface area contributed by atoms with Gasteiger partial charge in [-0.15, -0.1) is 0 Å². The van der Waals surface area contributed by atoms with Gasteiger partial charge in [-0.05, 0) is 12.5 Å². The third-order valence-corrected chi connectivity index (χ3v) is 3.47. The Morgan fingerprint density at radius 1 is 1.50 bits per heavy atom. The van der Waals surface area contributed by atoms with Crippen molar-refractivity contribution in [2.24, 2.45) is 5.41 Å². The second-order valence-electron chi connectivity index (χ2n) is 4.71. The Labute approximate surface area is 111 Å². The van der Waals surface area contributed by atoms with Crippen LogP contribution in [-0.4, -0.2) is 51.3 Å². The summed E-state index contributed by atoms with van der Waals surface area (Å²) in [5.41, 5.74) is -2.40. The summed E-state index contributed by atoms with van der Waals surface area (Å²) in [4.78, 5) is 23.8. The average Bonchev–Trinajstić information content (AvgIpc) is 2.96. The molecule has 0 spiro atoms. The zero-order chi connectivity index (χ0) is 15.0. The van der Waals surface area contributed by atoms with Gasteiger partial charge in [0.1, 0.15) is 0 Å². The van der Waals surface area contributed by atoms with Crippen LogP contribution >= 0.6 is 0 Å². The molecule has 1 aromatic heterocycles. The van der Waals surface area contributed by atoms with E-state index in [1.165, 1.54) is 12.3 Å². The summed E-state index contributed by atoms with van der Waals surface area (Å²) >= 11 is 0. The van der Waals surface area contributed by atoms with E-state index in [1.54, 1.807) is 0 Å². The summed E-state index contributed by atoms with van der Waals surface area (Å²) in [6.45, 7) is -1.07. The van der Waals surface area contributed by atoms with Gasteiger partial charge in [-0.2, -0.15) is 18.3 Å². The SMILES string of the molecule is O=C(Cc1ccn[nH]1)N1CCC(C(=O)O)(C(F)(F)F)C1. The molecule has 0 aliphatic carbocycles. The predicted molar refractivity (Wildman–Crippen MR) is 59.6 cm³/mol. The van der Waals surface area contributed by atoms with E-state index >= 15 is 0 Å². The van der Waals surface area contributed by atoms with E-state index in [0.29, 0.717) is 5.69 Å². The number of rotatable bonds is 3. The third kappa shape index (κ3) is 2.35. The van der Waals surface area contributed by atoms with Crippen molar-refractivity contribution in [2.45, 2.75) is 19.0 Å². The van der Waals surface area contributed by atoms with Crippen LogP contribution in [0.3, 0.4) is 0 Å². The molecule has 1 amide bonds. The third-order valence-electron chi connectivity index (χ3n) is 3.47. The monoisotopic (exact) mass is 291 g/mol. The first kappa shape index (κ1) is 14.4. The van der Waals surface area contributed by atoms with Crippen molar-refractivity contribution in [1.82, 2.24) is 15.1 Å². The lowest BCUT2D eigenvalue weighted by Gasteiger charge is -2.27. The van der Waals surface area contributed by atoms with Gasteiger partial charge in [0.15, 0.2) is 5.41 Å². The number of alkyl halides is 3. The molecule has 1 aromatic rings. The zero-order valence-electron chi connectivity index (χ0n) is 10.3. The molecule has 9 heteroatoms. The maximum absolute atomic E-state index is 12.9. The second-order valence-corrected chi connectivity index (χ2v) is 4.71. The molecule has 110 valence electrons. The number of aromatic amines is 1. The van der Waals surface area contributed by atoms with Gasteiger partial charge in [0.25, 0.3) is 0 Å². The summed E-state index contributed by atoms with van der Waals surface area (Å²) in [7, 11) is 0. The number of nitrogens with one attached hydrogen (secondary N) is 1. The van der Waals surface area contributed by atoms with Crippen molar-refractivity contribution in [3.63, 3.8) is 0 Å². The fourth-order valence-electron chi connectivity index (χ4n) is 2.21. The maximum Gasteiger partial charge on any atom is 0.406 e. The quantitative estimate of drug-likeness (QED) is 0.863. The summed E-state index contributed by atoms with van der Waals surface area (Å²) < 4.78 is 38.8. The number of aliphatic carboxylic acids is 1. The van der Waals surface area contributed by atoms with E-state index in [-0.39, 0.29) is 13.0 Å². The van der Waals surface area contributed by atoms with E-state index in [4.69, 9.17) is 5.11 Å². The summed E-state index contributed by atoms with van der Waals surface area (Å²) in [5.74, 6) is -2.50. The fourth-order valence-corrected chi connectivity index (χ4v) is 2.21. The minimum absolute atomic E-state index is 0.131. The molecule has 1 atom stereocenters. The van der Waals surface area contributed by atoms with Crippen molar-refractivity contribution < 1.29 is 27.9 Å². The Balaban J connectivity index is 2.11. The zero-order valence-corrected chi connectivity index (χ0v) is 10.3. The summed E-state index contributed by atoms with van der Waals surface area (Å²) in [5, 5.41) is 15.0. The van der Waals surface area contributed by atoms with Crippen molar-refractivity contribution >= 4 is 11.9 Å². The predicted octanol–water partition coefficient (Wildman–Crippen LogP) is 0.818. The molecular formula is C11H12F3N3O3. The largest absolute Gasteiger partial charge is 0.481 e. The Hall–Kier alpha value is -2.06. The lowest BCUT2D eigenvalue weighted by Crippen LogP contribution is -2.47. The minimum atomic E-state index is -4.89.